The first kappa shape index (κ1) is 15.8. The summed E-state index contributed by atoms with van der Waals surface area (Å²) in [6, 6.07) is 3.99. The van der Waals surface area contributed by atoms with Crippen LogP contribution < -0.4 is 5.32 Å². The summed E-state index contributed by atoms with van der Waals surface area (Å²) in [5, 5.41) is 16.7. The highest BCUT2D eigenvalue weighted by atomic mass is 16.5. The highest BCUT2D eigenvalue weighted by Crippen LogP contribution is 2.38. The lowest BCUT2D eigenvalue weighted by Crippen LogP contribution is -2.42. The minimum atomic E-state index is 0.164. The molecule has 0 bridgehead atoms. The van der Waals surface area contributed by atoms with Crippen LogP contribution in [0.1, 0.15) is 58.2 Å². The molecule has 1 saturated heterocycles. The monoisotopic (exact) mass is 329 g/mol. The summed E-state index contributed by atoms with van der Waals surface area (Å²) in [4.78, 5) is 0. The van der Waals surface area contributed by atoms with E-state index in [9.17, 15) is 0 Å². The van der Waals surface area contributed by atoms with Crippen LogP contribution in [0.2, 0.25) is 0 Å². The summed E-state index contributed by atoms with van der Waals surface area (Å²) in [6.07, 6.45) is 5.04. The molecule has 2 atom stereocenters. The molecule has 2 aromatic rings. The van der Waals surface area contributed by atoms with E-state index in [-0.39, 0.29) is 5.41 Å². The van der Waals surface area contributed by atoms with Crippen LogP contribution in [0.25, 0.3) is 5.65 Å². The van der Waals surface area contributed by atoms with Crippen molar-refractivity contribution >= 4 is 11.5 Å². The van der Waals surface area contributed by atoms with E-state index in [0.717, 1.165) is 36.9 Å². The molecule has 6 nitrogen and oxygen atoms in total. The van der Waals surface area contributed by atoms with Crippen LogP contribution >= 0.6 is 0 Å². The van der Waals surface area contributed by atoms with Crippen molar-refractivity contribution in [3.63, 3.8) is 0 Å². The Kier molecular flexibility index (Phi) is 3.95. The van der Waals surface area contributed by atoms with Gasteiger partial charge in [-0.05, 0) is 43.2 Å². The Balaban J connectivity index is 1.48. The number of ether oxygens (including phenoxy) is 1. The molecule has 130 valence electrons. The van der Waals surface area contributed by atoms with Crippen LogP contribution in [0.15, 0.2) is 12.1 Å². The average molecular weight is 329 g/mol. The van der Waals surface area contributed by atoms with Crippen LogP contribution in [0.4, 0.5) is 5.82 Å². The maximum absolute atomic E-state index is 6.07. The highest BCUT2D eigenvalue weighted by Gasteiger charge is 2.35. The van der Waals surface area contributed by atoms with Crippen molar-refractivity contribution in [3.05, 3.63) is 18.0 Å². The van der Waals surface area contributed by atoms with E-state index >= 15 is 0 Å². The molecule has 4 rings (SSSR count). The molecule has 0 radical (unpaired) electrons. The number of rotatable bonds is 4. The summed E-state index contributed by atoms with van der Waals surface area (Å²) in [5.41, 5.74) is 0.994. The Morgan fingerprint density at radius 1 is 1.21 bits per heavy atom. The second-order valence-electron chi connectivity index (χ2n) is 8.26. The third-order valence-corrected chi connectivity index (χ3v) is 5.07. The Morgan fingerprint density at radius 2 is 2.04 bits per heavy atom. The van der Waals surface area contributed by atoms with E-state index in [1.165, 1.54) is 19.3 Å². The van der Waals surface area contributed by atoms with E-state index in [2.05, 4.69) is 36.3 Å². The summed E-state index contributed by atoms with van der Waals surface area (Å²) >= 11 is 0. The van der Waals surface area contributed by atoms with Gasteiger partial charge in [-0.2, -0.15) is 4.52 Å². The molecule has 3 heterocycles. The van der Waals surface area contributed by atoms with Gasteiger partial charge in [-0.25, -0.2) is 0 Å². The number of aromatic nitrogens is 4. The zero-order chi connectivity index (χ0) is 16.7. The maximum Gasteiger partial charge on any atom is 0.178 e. The third-order valence-electron chi connectivity index (χ3n) is 5.07. The molecule has 1 N–H and O–H groups in total. The maximum atomic E-state index is 6.07. The number of fused-ring (bicyclic) bond motifs is 1. The fourth-order valence-corrected chi connectivity index (χ4v) is 3.74. The topological polar surface area (TPSA) is 64.3 Å². The molecule has 2 aromatic heterocycles. The molecule has 0 unspecified atom stereocenters. The van der Waals surface area contributed by atoms with Crippen molar-refractivity contribution in [2.24, 2.45) is 11.3 Å². The van der Waals surface area contributed by atoms with E-state index in [1.54, 1.807) is 0 Å². The fourth-order valence-electron chi connectivity index (χ4n) is 3.74. The lowest BCUT2D eigenvalue weighted by atomic mass is 9.78. The highest BCUT2D eigenvalue weighted by molar-refractivity contribution is 5.44. The van der Waals surface area contributed by atoms with Crippen LogP contribution in [0.3, 0.4) is 0 Å². The van der Waals surface area contributed by atoms with Gasteiger partial charge >= 0.3 is 0 Å². The van der Waals surface area contributed by atoms with Gasteiger partial charge in [0.1, 0.15) is 5.82 Å². The van der Waals surface area contributed by atoms with Gasteiger partial charge in [0.25, 0.3) is 0 Å². The van der Waals surface area contributed by atoms with E-state index in [0.29, 0.717) is 17.9 Å². The Bertz CT molecular complexity index is 716. The quantitative estimate of drug-likeness (QED) is 0.933. The standard InChI is InChI=1S/C18H27N5O/c1-18(2,3)16-13(5-4-10-24-16)11-19-14-8-9-15-20-21-17(12-6-7-12)23(15)22-14/h8-9,12-13,16H,4-7,10-11H2,1-3H3,(H,19,22)/t13-,16-/m0/s1. The van der Waals surface area contributed by atoms with Gasteiger partial charge in [0.05, 0.1) is 6.10 Å². The van der Waals surface area contributed by atoms with Crippen LogP contribution in [-0.4, -0.2) is 39.1 Å². The van der Waals surface area contributed by atoms with E-state index in [1.807, 2.05) is 16.6 Å². The van der Waals surface area contributed by atoms with Crippen molar-refractivity contribution in [2.45, 2.75) is 58.5 Å². The second kappa shape index (κ2) is 5.99. The van der Waals surface area contributed by atoms with Crippen LogP contribution in [-0.2, 0) is 4.74 Å². The molecule has 1 saturated carbocycles. The van der Waals surface area contributed by atoms with Gasteiger partial charge in [-0.1, -0.05) is 20.8 Å². The zero-order valence-electron chi connectivity index (χ0n) is 14.8. The molecular formula is C18H27N5O. The van der Waals surface area contributed by atoms with Gasteiger partial charge in [0.15, 0.2) is 11.5 Å². The Labute approximate surface area is 143 Å². The second-order valence-corrected chi connectivity index (χ2v) is 8.26. The van der Waals surface area contributed by atoms with Gasteiger partial charge in [0.2, 0.25) is 0 Å². The summed E-state index contributed by atoms with van der Waals surface area (Å²) in [7, 11) is 0. The molecular weight excluding hydrogens is 302 g/mol. The van der Waals surface area contributed by atoms with Crippen molar-refractivity contribution in [3.8, 4) is 0 Å². The predicted molar refractivity (Wildman–Crippen MR) is 93.2 cm³/mol. The minimum absolute atomic E-state index is 0.164. The lowest BCUT2D eigenvalue weighted by molar-refractivity contribution is -0.0814. The normalized spacial score (nSPS) is 25.1. The van der Waals surface area contributed by atoms with Gasteiger partial charge in [-0.15, -0.1) is 15.3 Å². The third kappa shape index (κ3) is 3.11. The SMILES string of the molecule is CC(C)(C)[C@H]1OCCC[C@H]1CNc1ccc2nnc(C3CC3)n2n1. The molecule has 2 fully saturated rings. The number of nitrogens with zero attached hydrogens (tertiary/aromatic N) is 4. The van der Waals surface area contributed by atoms with Gasteiger partial charge < -0.3 is 10.1 Å². The number of nitrogens with one attached hydrogen (secondary N) is 1. The first-order chi connectivity index (χ1) is 11.5. The zero-order valence-corrected chi connectivity index (χ0v) is 14.8. The van der Waals surface area contributed by atoms with Crippen molar-refractivity contribution in [1.82, 2.24) is 19.8 Å². The van der Waals surface area contributed by atoms with Crippen molar-refractivity contribution in [2.75, 3.05) is 18.5 Å². The predicted octanol–water partition coefficient (Wildman–Crippen LogP) is 3.25. The molecule has 0 amide bonds. The Morgan fingerprint density at radius 3 is 2.79 bits per heavy atom. The first-order valence-corrected chi connectivity index (χ1v) is 9.10. The van der Waals surface area contributed by atoms with Crippen LogP contribution in [0.5, 0.6) is 0 Å². The molecule has 6 heteroatoms. The lowest BCUT2D eigenvalue weighted by Gasteiger charge is -2.40. The summed E-state index contributed by atoms with van der Waals surface area (Å²) in [5.74, 6) is 2.95. The fraction of sp³-hybridized carbons (Fsp3) is 0.722. The molecule has 0 spiro atoms. The largest absolute Gasteiger partial charge is 0.377 e. The number of hydrogen-bond donors (Lipinski definition) is 1. The molecule has 1 aliphatic heterocycles. The van der Waals surface area contributed by atoms with E-state index in [4.69, 9.17) is 9.84 Å². The van der Waals surface area contributed by atoms with Gasteiger partial charge in [-0.3, -0.25) is 0 Å². The van der Waals surface area contributed by atoms with Crippen molar-refractivity contribution in [1.29, 1.82) is 0 Å². The first-order valence-electron chi connectivity index (χ1n) is 9.10. The van der Waals surface area contributed by atoms with Crippen LogP contribution in [0, 0.1) is 11.3 Å². The smallest absolute Gasteiger partial charge is 0.178 e. The molecule has 0 aromatic carbocycles. The number of anilines is 1. The van der Waals surface area contributed by atoms with Crippen molar-refractivity contribution < 1.29 is 4.74 Å². The molecule has 1 aliphatic carbocycles. The molecule has 2 aliphatic rings. The Hall–Kier alpha value is -1.69. The molecule has 24 heavy (non-hydrogen) atoms. The minimum Gasteiger partial charge on any atom is -0.377 e. The summed E-state index contributed by atoms with van der Waals surface area (Å²) < 4.78 is 7.98. The summed E-state index contributed by atoms with van der Waals surface area (Å²) in [6.45, 7) is 8.56. The average Bonchev–Trinajstić information content (AvgIpc) is 3.32. The van der Waals surface area contributed by atoms with Gasteiger partial charge in [0, 0.05) is 25.0 Å². The number of hydrogen-bond acceptors (Lipinski definition) is 5. The van der Waals surface area contributed by atoms with E-state index < -0.39 is 0 Å².